The fourth-order valence-corrected chi connectivity index (χ4v) is 3.05. The Labute approximate surface area is 153 Å². The third kappa shape index (κ3) is 4.15. The number of hydrogen-bond donors (Lipinski definition) is 2. The van der Waals surface area contributed by atoms with Crippen LogP contribution in [0.1, 0.15) is 5.56 Å². The Kier molecular flexibility index (Phi) is 5.43. The van der Waals surface area contributed by atoms with Gasteiger partial charge in [0.15, 0.2) is 0 Å². The van der Waals surface area contributed by atoms with Crippen LogP contribution in [0.5, 0.6) is 5.75 Å². The summed E-state index contributed by atoms with van der Waals surface area (Å²) in [5, 5.41) is 5.63. The molecule has 2 aromatic carbocycles. The largest absolute Gasteiger partial charge is 0.497 e. The number of aromatic amines is 1. The van der Waals surface area contributed by atoms with E-state index >= 15 is 0 Å². The Morgan fingerprint density at radius 2 is 2.04 bits per heavy atom. The lowest BCUT2D eigenvalue weighted by Gasteiger charge is -2.05. The van der Waals surface area contributed by atoms with Crippen molar-refractivity contribution in [3.8, 4) is 11.4 Å². The summed E-state index contributed by atoms with van der Waals surface area (Å²) >= 11 is 1.10. The number of carbonyl (C=O) groups excluding carboxylic acids is 1. The van der Waals surface area contributed by atoms with Crippen molar-refractivity contribution in [2.24, 2.45) is 0 Å². The molecule has 0 saturated carbocycles. The van der Waals surface area contributed by atoms with E-state index in [2.05, 4.69) is 10.6 Å². The van der Waals surface area contributed by atoms with Gasteiger partial charge in [0.1, 0.15) is 5.75 Å². The topological polar surface area (TPSA) is 88.2 Å². The molecular formula is C18H18N3O4S+. The molecule has 1 amide bonds. The smallest absolute Gasteiger partial charge is 0.442 e. The molecule has 1 aromatic heterocycles. The molecule has 0 bridgehead atoms. The van der Waals surface area contributed by atoms with E-state index in [0.29, 0.717) is 16.5 Å². The van der Waals surface area contributed by atoms with Crippen LogP contribution in [0.25, 0.3) is 5.69 Å². The maximum absolute atomic E-state index is 12.2. The summed E-state index contributed by atoms with van der Waals surface area (Å²) in [6.45, 7) is 1.98. The number of methoxy groups -OCH3 is 1. The molecule has 0 aliphatic heterocycles. The number of benzene rings is 2. The lowest BCUT2D eigenvalue weighted by Crippen LogP contribution is -2.36. The van der Waals surface area contributed by atoms with Gasteiger partial charge in [0, 0.05) is 23.9 Å². The van der Waals surface area contributed by atoms with Crippen molar-refractivity contribution in [3.63, 3.8) is 0 Å². The molecule has 0 atom stereocenters. The molecule has 3 rings (SSSR count). The van der Waals surface area contributed by atoms with Crippen LogP contribution < -0.4 is 20.4 Å². The minimum absolute atomic E-state index is 0.0612. The van der Waals surface area contributed by atoms with Gasteiger partial charge in [-0.1, -0.05) is 23.8 Å². The van der Waals surface area contributed by atoms with Crippen LogP contribution in [0, 0.1) is 6.92 Å². The summed E-state index contributed by atoms with van der Waals surface area (Å²) < 4.78 is 11.5. The zero-order valence-electron chi connectivity index (χ0n) is 14.3. The average Bonchev–Trinajstić information content (AvgIpc) is 3.01. The predicted molar refractivity (Wildman–Crippen MR) is 97.9 cm³/mol. The summed E-state index contributed by atoms with van der Waals surface area (Å²) in [5.41, 5.74) is 1.96. The van der Waals surface area contributed by atoms with Gasteiger partial charge in [-0.15, -0.1) is 0 Å². The molecular weight excluding hydrogens is 354 g/mol. The molecule has 7 nitrogen and oxygen atoms in total. The van der Waals surface area contributed by atoms with Crippen LogP contribution in [0.15, 0.2) is 62.9 Å². The Morgan fingerprint density at radius 3 is 2.77 bits per heavy atom. The van der Waals surface area contributed by atoms with E-state index in [0.717, 1.165) is 23.0 Å². The molecule has 0 radical (unpaired) electrons. The van der Waals surface area contributed by atoms with Gasteiger partial charge in [0.25, 0.3) is 0 Å². The van der Waals surface area contributed by atoms with Crippen LogP contribution in [-0.4, -0.2) is 24.0 Å². The van der Waals surface area contributed by atoms with Crippen LogP contribution in [0.3, 0.4) is 0 Å². The first-order valence-corrected chi connectivity index (χ1v) is 8.82. The normalized spacial score (nSPS) is 10.5. The first-order valence-electron chi connectivity index (χ1n) is 7.84. The number of hydrogen-bond acceptors (Lipinski definition) is 5. The highest BCUT2D eigenvalue weighted by Gasteiger charge is 2.24. The van der Waals surface area contributed by atoms with Gasteiger partial charge >= 0.3 is 10.7 Å². The standard InChI is InChI=1S/C18H17N3O4S/c1-12-6-8-14(9-7-12)21-17(18(23)25-20-21)26-11-16(22)19-13-4-3-5-15(10-13)24-2/h3-10H,11H2,1-2H3,(H-,19,20,22,23)/p+1. The molecule has 0 unspecified atom stereocenters. The molecule has 134 valence electrons. The second-order valence-electron chi connectivity index (χ2n) is 5.53. The molecule has 2 N–H and O–H groups in total. The molecule has 26 heavy (non-hydrogen) atoms. The van der Waals surface area contributed by atoms with Crippen molar-refractivity contribution in [2.75, 3.05) is 18.2 Å². The number of amides is 1. The molecule has 0 spiro atoms. The molecule has 0 fully saturated rings. The first kappa shape index (κ1) is 17.8. The number of thioether (sulfide) groups is 1. The summed E-state index contributed by atoms with van der Waals surface area (Å²) in [6, 6.07) is 14.6. The zero-order valence-corrected chi connectivity index (χ0v) is 15.1. The minimum Gasteiger partial charge on any atom is -0.497 e. The van der Waals surface area contributed by atoms with E-state index < -0.39 is 5.63 Å². The quantitative estimate of drug-likeness (QED) is 0.512. The SMILES string of the molecule is COc1cccc(NC(=O)CSc2c(=O)o[nH][n+]2-c2ccc(C)cc2)c1. The number of anilines is 1. The molecule has 0 aliphatic carbocycles. The molecule has 8 heteroatoms. The van der Waals surface area contributed by atoms with Gasteiger partial charge < -0.3 is 10.1 Å². The second kappa shape index (κ2) is 7.92. The summed E-state index contributed by atoms with van der Waals surface area (Å²) in [6.07, 6.45) is 0. The van der Waals surface area contributed by atoms with E-state index in [-0.39, 0.29) is 11.7 Å². The Balaban J connectivity index is 1.69. The molecule has 0 saturated heterocycles. The Bertz CT molecular complexity index is 963. The summed E-state index contributed by atoms with van der Waals surface area (Å²) in [7, 11) is 1.56. The minimum atomic E-state index is -0.523. The fourth-order valence-electron chi connectivity index (χ4n) is 2.28. The van der Waals surface area contributed by atoms with Crippen LogP contribution in [0.4, 0.5) is 5.69 Å². The van der Waals surface area contributed by atoms with Crippen LogP contribution >= 0.6 is 11.8 Å². The molecule has 1 heterocycles. The average molecular weight is 372 g/mol. The number of aryl methyl sites for hydroxylation is 1. The highest BCUT2D eigenvalue weighted by Crippen LogP contribution is 2.18. The van der Waals surface area contributed by atoms with Gasteiger partial charge in [0.2, 0.25) is 11.6 Å². The van der Waals surface area contributed by atoms with Crippen LogP contribution in [0.2, 0.25) is 0 Å². The fraction of sp³-hybridized carbons (Fsp3) is 0.167. The van der Waals surface area contributed by atoms with E-state index in [1.54, 1.807) is 31.4 Å². The van der Waals surface area contributed by atoms with Crippen LogP contribution in [-0.2, 0) is 4.79 Å². The summed E-state index contributed by atoms with van der Waals surface area (Å²) in [4.78, 5) is 24.1. The number of nitrogens with zero attached hydrogens (tertiary/aromatic N) is 1. The Morgan fingerprint density at radius 1 is 1.27 bits per heavy atom. The van der Waals surface area contributed by atoms with Gasteiger partial charge in [-0.25, -0.2) is 4.79 Å². The number of nitrogens with one attached hydrogen (secondary N) is 2. The van der Waals surface area contributed by atoms with Crippen molar-refractivity contribution in [1.82, 2.24) is 5.27 Å². The number of ether oxygens (including phenoxy) is 1. The highest BCUT2D eigenvalue weighted by atomic mass is 32.2. The maximum Gasteiger partial charge on any atom is 0.442 e. The lowest BCUT2D eigenvalue weighted by molar-refractivity contribution is -0.704. The predicted octanol–water partition coefficient (Wildman–Crippen LogP) is 2.29. The van der Waals surface area contributed by atoms with Crippen molar-refractivity contribution in [3.05, 3.63) is 64.5 Å². The van der Waals surface area contributed by atoms with Crippen molar-refractivity contribution >= 4 is 23.4 Å². The van der Waals surface area contributed by atoms with Crippen molar-refractivity contribution < 1.29 is 18.7 Å². The van der Waals surface area contributed by atoms with Gasteiger partial charge in [-0.2, -0.15) is 0 Å². The number of aromatic nitrogens is 2. The zero-order chi connectivity index (χ0) is 18.5. The lowest BCUT2D eigenvalue weighted by atomic mass is 10.2. The van der Waals surface area contributed by atoms with E-state index in [1.165, 1.54) is 4.68 Å². The van der Waals surface area contributed by atoms with E-state index in [9.17, 15) is 9.59 Å². The number of H-pyrrole nitrogens is 1. The highest BCUT2D eigenvalue weighted by molar-refractivity contribution is 7.99. The molecule has 3 aromatic rings. The molecule has 0 aliphatic rings. The van der Waals surface area contributed by atoms with Gasteiger partial charge in [0.05, 0.1) is 12.9 Å². The van der Waals surface area contributed by atoms with Gasteiger partial charge in [-0.3, -0.25) is 9.32 Å². The third-order valence-electron chi connectivity index (χ3n) is 3.59. The first-order chi connectivity index (χ1) is 12.6. The monoisotopic (exact) mass is 372 g/mol. The summed E-state index contributed by atoms with van der Waals surface area (Å²) in [5.74, 6) is 0.476. The Hall–Kier alpha value is -3.00. The van der Waals surface area contributed by atoms with E-state index in [1.807, 2.05) is 31.2 Å². The third-order valence-corrected chi connectivity index (χ3v) is 4.62. The maximum atomic E-state index is 12.2. The van der Waals surface area contributed by atoms with Crippen molar-refractivity contribution in [2.45, 2.75) is 11.9 Å². The number of carbonyl (C=O) groups is 1. The van der Waals surface area contributed by atoms with Gasteiger partial charge in [-0.05, 0) is 40.8 Å². The number of rotatable bonds is 6. The van der Waals surface area contributed by atoms with E-state index in [4.69, 9.17) is 9.26 Å². The van der Waals surface area contributed by atoms with Crippen molar-refractivity contribution in [1.29, 1.82) is 0 Å². The second-order valence-corrected chi connectivity index (χ2v) is 6.49.